The van der Waals surface area contributed by atoms with Crippen LogP contribution in [0.4, 0.5) is 4.79 Å². The first-order chi connectivity index (χ1) is 56.9. The van der Waals surface area contributed by atoms with Crippen LogP contribution in [0.2, 0.25) is 0 Å². The summed E-state index contributed by atoms with van der Waals surface area (Å²) in [5.41, 5.74) is 46.7. The number of aliphatic hydroxyl groups is 2. The molecule has 0 radical (unpaired) electrons. The third-order valence-corrected chi connectivity index (χ3v) is 18.4. The Hall–Kier alpha value is -13.5. The number of unbranched alkanes of at least 4 members (excludes halogenated alkanes) is 1. The van der Waals surface area contributed by atoms with Crippen molar-refractivity contribution in [3.05, 3.63) is 102 Å². The Bertz CT molecular complexity index is 4170. The maximum Gasteiger partial charge on any atom is 0.326 e. The van der Waals surface area contributed by atoms with E-state index in [2.05, 4.69) is 84.7 Å². The zero-order valence-electron chi connectivity index (χ0n) is 66.2. The molecule has 0 aliphatic carbocycles. The van der Waals surface area contributed by atoms with E-state index in [1.807, 2.05) is 0 Å². The van der Waals surface area contributed by atoms with Crippen molar-refractivity contribution in [3.8, 4) is 5.75 Å². The second kappa shape index (κ2) is 51.5. The van der Waals surface area contributed by atoms with Crippen LogP contribution >= 0.6 is 0 Å². The van der Waals surface area contributed by atoms with E-state index in [1.165, 1.54) is 24.3 Å². The van der Waals surface area contributed by atoms with Crippen molar-refractivity contribution < 1.29 is 92.3 Å². The molecule has 39 N–H and O–H groups in total. The number of amides is 15. The fraction of sp³-hybridized carbons (Fsp3) is 0.486. The molecule has 15 amide bonds. The SMILES string of the molecule is C[C@@H](O)[C@H](NC(=O)[C@H](CCCNC(=N)N)NC(=O)[C@H](CCCNC(N)=O)NC(=O)[C@H](CC(N)=O)NC(=O)[C@H](CO)NC(=O)[C@H](CCCCN)NC(=O)[C@H](Cc1ccccc1)NC(=O)[C@@H](N)CCCNC(=N)N)C(=O)N[C@@H](Cc1ccc(O)cc1)C(=O)N[C@@H](CC(N)=O)C(=O)N[C@@H](CCCNC(=N)N)C(=O)N[C@@H](Cc1c[nH]c2ccccc12)C(=O)O. The number of guanidine groups is 3. The molecular weight excluding hydrogens is 1570 g/mol. The van der Waals surface area contributed by atoms with E-state index in [0.717, 1.165) is 6.92 Å². The number of aromatic nitrogens is 1. The summed E-state index contributed by atoms with van der Waals surface area (Å²) in [4.78, 5) is 210. The van der Waals surface area contributed by atoms with E-state index in [1.54, 1.807) is 60.8 Å². The van der Waals surface area contributed by atoms with Crippen molar-refractivity contribution in [2.45, 2.75) is 188 Å². The van der Waals surface area contributed by atoms with Gasteiger partial charge >= 0.3 is 12.0 Å². The Balaban J connectivity index is 1.64. The van der Waals surface area contributed by atoms with Crippen molar-refractivity contribution in [1.82, 2.24) is 84.7 Å². The molecule has 4 aromatic rings. The quantitative estimate of drug-likeness (QED) is 0.0111. The van der Waals surface area contributed by atoms with Crippen LogP contribution in [0.3, 0.4) is 0 Å². The number of carboxylic acid groups (broad SMARTS) is 1. The van der Waals surface area contributed by atoms with Gasteiger partial charge in [-0.2, -0.15) is 0 Å². The molecular formula is C74H113N27O19. The fourth-order valence-electron chi connectivity index (χ4n) is 12.1. The number of carbonyl (C=O) groups is 15. The summed E-state index contributed by atoms with van der Waals surface area (Å²) in [5, 5.41) is 102. The van der Waals surface area contributed by atoms with Crippen molar-refractivity contribution in [1.29, 1.82) is 16.2 Å². The van der Waals surface area contributed by atoms with Crippen LogP contribution in [0.25, 0.3) is 10.9 Å². The molecule has 0 unspecified atom stereocenters. The number of nitrogens with two attached hydrogens (primary N) is 8. The van der Waals surface area contributed by atoms with Gasteiger partial charge in [0.2, 0.25) is 76.8 Å². The number of hydrogen-bond donors (Lipinski definition) is 31. The maximum atomic E-state index is 14.7. The van der Waals surface area contributed by atoms with Crippen molar-refractivity contribution >= 4 is 118 Å². The third-order valence-electron chi connectivity index (χ3n) is 18.4. The van der Waals surface area contributed by atoms with E-state index in [9.17, 15) is 92.3 Å². The Morgan fingerprint density at radius 2 is 0.775 bits per heavy atom. The predicted molar refractivity (Wildman–Crippen MR) is 434 cm³/mol. The summed E-state index contributed by atoms with van der Waals surface area (Å²) in [6.07, 6.45) is -3.64. The number of H-pyrrole nitrogens is 1. The van der Waals surface area contributed by atoms with Gasteiger partial charge in [0.1, 0.15) is 72.2 Å². The van der Waals surface area contributed by atoms with Crippen LogP contribution in [-0.4, -0.2) is 250 Å². The number of benzene rings is 3. The number of fused-ring (bicyclic) bond motifs is 1. The highest BCUT2D eigenvalue weighted by molar-refractivity contribution is 6.01. The van der Waals surface area contributed by atoms with E-state index >= 15 is 0 Å². The Kier molecular flexibility index (Phi) is 42.5. The number of rotatable bonds is 55. The number of primary amides is 3. The number of carboxylic acids is 1. The van der Waals surface area contributed by atoms with Gasteiger partial charge in [0.15, 0.2) is 17.9 Å². The summed E-state index contributed by atoms with van der Waals surface area (Å²) < 4.78 is 0. The summed E-state index contributed by atoms with van der Waals surface area (Å²) >= 11 is 0. The summed E-state index contributed by atoms with van der Waals surface area (Å²) in [7, 11) is 0. The second-order valence-electron chi connectivity index (χ2n) is 28.1. The van der Waals surface area contributed by atoms with Gasteiger partial charge in [-0.1, -0.05) is 60.7 Å². The number of phenols is 1. The maximum absolute atomic E-state index is 14.7. The molecule has 0 aliphatic heterocycles. The number of urea groups is 1. The number of phenolic OH excluding ortho intramolecular Hbond substituents is 1. The van der Waals surface area contributed by atoms with Crippen LogP contribution in [0.1, 0.15) is 107 Å². The van der Waals surface area contributed by atoms with Crippen molar-refractivity contribution in [2.24, 2.45) is 45.9 Å². The molecule has 0 saturated carbocycles. The minimum atomic E-state index is -2.07. The smallest absolute Gasteiger partial charge is 0.326 e. The molecule has 1 heterocycles. The zero-order chi connectivity index (χ0) is 89.1. The first kappa shape index (κ1) is 98.9. The molecule has 0 bridgehead atoms. The molecule has 46 heteroatoms. The highest BCUT2D eigenvalue weighted by Crippen LogP contribution is 2.21. The molecule has 13 atom stereocenters. The Labute approximate surface area is 689 Å². The van der Waals surface area contributed by atoms with E-state index < -0.39 is 218 Å². The van der Waals surface area contributed by atoms with Crippen molar-refractivity contribution in [3.63, 3.8) is 0 Å². The Morgan fingerprint density at radius 1 is 0.408 bits per heavy atom. The summed E-state index contributed by atoms with van der Waals surface area (Å²) in [6.45, 7) is -0.176. The molecule has 658 valence electrons. The van der Waals surface area contributed by atoms with Gasteiger partial charge in [0.25, 0.3) is 0 Å². The average molecular weight is 1680 g/mol. The topological polar surface area (TPSA) is 813 Å². The lowest BCUT2D eigenvalue weighted by Gasteiger charge is -2.29. The highest BCUT2D eigenvalue weighted by atomic mass is 16.4. The molecule has 0 spiro atoms. The number of hydrogen-bond acceptors (Lipinski definition) is 23. The molecule has 120 heavy (non-hydrogen) atoms. The number of aliphatic hydroxyl groups excluding tert-OH is 2. The zero-order valence-corrected chi connectivity index (χ0v) is 66.2. The van der Waals surface area contributed by atoms with Gasteiger partial charge in [0.05, 0.1) is 31.6 Å². The number of aromatic hydroxyl groups is 1. The highest BCUT2D eigenvalue weighted by Gasteiger charge is 2.39. The predicted octanol–water partition coefficient (Wildman–Crippen LogP) is -8.86. The number of nitrogens with one attached hydrogen (secondary N) is 19. The van der Waals surface area contributed by atoms with Gasteiger partial charge in [-0.05, 0) is 119 Å². The molecule has 4 rings (SSSR count). The molecule has 0 saturated heterocycles. The van der Waals surface area contributed by atoms with Crippen LogP contribution in [0.15, 0.2) is 85.1 Å². The standard InChI is InChI=1S/C74H113N27O19/c1-38(103)58(69(117)98-51(32-40-22-24-42(104)25-23-40)65(113)96-52(34-56(77)105)66(114)94-48(19-10-28-87-72(81)82)61(109)99-54(70(118)119)33-41-36-90-45-17-6-5-15-43(41)45)101-63(111)49(20-11-29-88-73(83)84)91-60(108)47(21-12-30-89-74(85)120)93-67(115)53(35-57(78)106)97-68(116)55(37-102)100-62(110)46(18-7-8-26-75)92-64(112)50(31-39-13-3-2-4-14-39)95-59(107)44(76)16-9-27-86-71(79)80/h2-6,13-15,17,22-25,36,38,44,46-55,58,90,102-104H,7-12,16,18-21,26-35,37,75-76H2,1H3,(H2,77,105)(H2,78,106)(H,91,108)(H,92,112)(H,93,115)(H,94,114)(H,95,107)(H,96,113)(H,97,116)(H,98,117)(H,99,109)(H,100,110)(H,101,111)(H,118,119)(H4,79,80,86)(H4,81,82,87)(H4,83,84,88)(H3,85,89,120)/t38-,44+,46+,47+,48+,49+,50+,51+,52+,53+,54+,55+,58+/m1/s1. The minimum Gasteiger partial charge on any atom is -0.508 e. The monoisotopic (exact) mass is 1680 g/mol. The number of para-hydroxylation sites is 1. The van der Waals surface area contributed by atoms with Gasteiger partial charge < -0.3 is 151 Å². The molecule has 1 aromatic heterocycles. The lowest BCUT2D eigenvalue weighted by atomic mass is 10.0. The van der Waals surface area contributed by atoms with Gasteiger partial charge in [0, 0.05) is 62.5 Å². The van der Waals surface area contributed by atoms with Gasteiger partial charge in [-0.25, -0.2) is 9.59 Å². The molecule has 46 nitrogen and oxygen atoms in total. The van der Waals surface area contributed by atoms with Crippen LogP contribution in [0.5, 0.6) is 5.75 Å². The van der Waals surface area contributed by atoms with E-state index in [0.29, 0.717) is 34.9 Å². The van der Waals surface area contributed by atoms with Gasteiger partial charge in [-0.3, -0.25) is 78.6 Å². The van der Waals surface area contributed by atoms with Crippen LogP contribution in [0, 0.1) is 16.2 Å². The average Bonchev–Trinajstić information content (AvgIpc) is 1.64. The number of carbonyl (C=O) groups excluding carboxylic acids is 14. The first-order valence-electron chi connectivity index (χ1n) is 38.4. The van der Waals surface area contributed by atoms with Crippen LogP contribution < -0.4 is 126 Å². The largest absolute Gasteiger partial charge is 0.508 e. The number of aliphatic carboxylic acids is 1. The second-order valence-corrected chi connectivity index (χ2v) is 28.1. The van der Waals surface area contributed by atoms with Crippen molar-refractivity contribution in [2.75, 3.05) is 39.3 Å². The lowest BCUT2D eigenvalue weighted by Crippen LogP contribution is -2.62. The summed E-state index contributed by atoms with van der Waals surface area (Å²) in [6, 6.07) is -1.09. The van der Waals surface area contributed by atoms with Crippen LogP contribution in [-0.2, 0) is 86.4 Å². The Morgan fingerprint density at radius 3 is 1.21 bits per heavy atom. The van der Waals surface area contributed by atoms with E-state index in [4.69, 9.17) is 62.1 Å². The number of aromatic amines is 1. The molecule has 3 aromatic carbocycles. The minimum absolute atomic E-state index is 0.0101. The third kappa shape index (κ3) is 36.3. The first-order valence-corrected chi connectivity index (χ1v) is 38.4. The normalized spacial score (nSPS) is 14.2. The molecule has 0 aliphatic rings. The summed E-state index contributed by atoms with van der Waals surface area (Å²) in [5.74, 6) is -17.9. The lowest BCUT2D eigenvalue weighted by molar-refractivity contribution is -0.142. The fourth-order valence-corrected chi connectivity index (χ4v) is 12.1. The molecule has 0 fully saturated rings. The van der Waals surface area contributed by atoms with E-state index in [-0.39, 0.29) is 108 Å². The van der Waals surface area contributed by atoms with Gasteiger partial charge in [-0.15, -0.1) is 0 Å².